The van der Waals surface area contributed by atoms with Crippen molar-refractivity contribution >= 4 is 28.7 Å². The first-order valence-corrected chi connectivity index (χ1v) is 11.0. The molecule has 0 amide bonds. The molecule has 0 bridgehead atoms. The number of carbonyl (C=O) groups is 2. The minimum Gasteiger partial charge on any atom is -0.497 e. The third-order valence-electron chi connectivity index (χ3n) is 5.96. The van der Waals surface area contributed by atoms with Crippen LogP contribution >= 0.6 is 0 Å². The summed E-state index contributed by atoms with van der Waals surface area (Å²) in [4.78, 5) is 25.9. The van der Waals surface area contributed by atoms with Crippen LogP contribution in [-0.4, -0.2) is 30.5 Å². The summed E-state index contributed by atoms with van der Waals surface area (Å²) in [6, 6.07) is 16.0. The molecule has 1 aliphatic rings. The van der Waals surface area contributed by atoms with Gasteiger partial charge in [-0.15, -0.1) is 0 Å². The standard InChI is InChI=1S/C28H23NO6/c1-16-9-21(34-28(31)17-10-19(32-3)13-20(11-17)33-4)14-24-26(16)27(30)25(35-24)12-18-15-29(2)23-8-6-5-7-22(18)23/h5-15H,1-4H3/b25-12-. The van der Waals surface area contributed by atoms with Crippen LogP contribution in [-0.2, 0) is 7.05 Å². The highest BCUT2D eigenvalue weighted by atomic mass is 16.5. The van der Waals surface area contributed by atoms with Crippen molar-refractivity contribution in [1.82, 2.24) is 4.57 Å². The van der Waals surface area contributed by atoms with E-state index in [2.05, 4.69) is 0 Å². The fourth-order valence-electron chi connectivity index (χ4n) is 4.26. The Balaban J connectivity index is 1.44. The SMILES string of the molecule is COc1cc(OC)cc(C(=O)Oc2cc(C)c3c(c2)O/C(=C\c2cn(C)c4ccccc24)C3=O)c1. The van der Waals surface area contributed by atoms with Gasteiger partial charge in [0.05, 0.1) is 25.3 Å². The summed E-state index contributed by atoms with van der Waals surface area (Å²) in [6.07, 6.45) is 3.71. The lowest BCUT2D eigenvalue weighted by atomic mass is 10.0. The number of carbonyl (C=O) groups excluding carboxylic acids is 2. The quantitative estimate of drug-likeness (QED) is 0.223. The molecule has 0 spiro atoms. The Kier molecular flexibility index (Phi) is 5.53. The Labute approximate surface area is 202 Å². The van der Waals surface area contributed by atoms with Gasteiger partial charge in [-0.05, 0) is 42.8 Å². The molecular formula is C28H23NO6. The van der Waals surface area contributed by atoms with E-state index in [1.807, 2.05) is 42.1 Å². The number of fused-ring (bicyclic) bond motifs is 2. The number of benzene rings is 3. The third kappa shape index (κ3) is 4.01. The van der Waals surface area contributed by atoms with Crippen molar-refractivity contribution in [2.75, 3.05) is 14.2 Å². The van der Waals surface area contributed by atoms with Gasteiger partial charge in [-0.25, -0.2) is 4.79 Å². The van der Waals surface area contributed by atoms with Gasteiger partial charge in [0.15, 0.2) is 5.76 Å². The second-order valence-corrected chi connectivity index (χ2v) is 8.26. The monoisotopic (exact) mass is 469 g/mol. The molecule has 0 atom stereocenters. The minimum atomic E-state index is -0.586. The van der Waals surface area contributed by atoms with E-state index in [4.69, 9.17) is 18.9 Å². The summed E-state index contributed by atoms with van der Waals surface area (Å²) >= 11 is 0. The van der Waals surface area contributed by atoms with Crippen LogP contribution in [0.5, 0.6) is 23.0 Å². The van der Waals surface area contributed by atoms with Gasteiger partial charge in [0.25, 0.3) is 0 Å². The van der Waals surface area contributed by atoms with E-state index >= 15 is 0 Å². The van der Waals surface area contributed by atoms with Gasteiger partial charge >= 0.3 is 5.97 Å². The molecule has 3 aromatic carbocycles. The number of hydrogen-bond acceptors (Lipinski definition) is 6. The van der Waals surface area contributed by atoms with E-state index in [-0.39, 0.29) is 22.9 Å². The van der Waals surface area contributed by atoms with Crippen LogP contribution in [0.4, 0.5) is 0 Å². The van der Waals surface area contributed by atoms with Crippen molar-refractivity contribution in [1.29, 1.82) is 0 Å². The molecule has 1 aliphatic heterocycles. The molecule has 4 aromatic rings. The van der Waals surface area contributed by atoms with Crippen molar-refractivity contribution in [3.05, 3.63) is 88.8 Å². The number of allylic oxidation sites excluding steroid dienone is 1. The van der Waals surface area contributed by atoms with Crippen LogP contribution in [0.2, 0.25) is 0 Å². The first kappa shape index (κ1) is 22.3. The first-order chi connectivity index (χ1) is 16.9. The normalized spacial score (nSPS) is 13.6. The molecule has 0 unspecified atom stereocenters. The Morgan fingerprint density at radius 1 is 0.971 bits per heavy atom. The molecule has 5 rings (SSSR count). The lowest BCUT2D eigenvalue weighted by Gasteiger charge is -2.10. The van der Waals surface area contributed by atoms with Gasteiger partial charge in [0.1, 0.15) is 23.0 Å². The molecule has 2 heterocycles. The average Bonchev–Trinajstić information content (AvgIpc) is 3.35. The Morgan fingerprint density at radius 3 is 2.40 bits per heavy atom. The van der Waals surface area contributed by atoms with Crippen molar-refractivity contribution in [2.45, 2.75) is 6.92 Å². The number of aromatic nitrogens is 1. The lowest BCUT2D eigenvalue weighted by molar-refractivity contribution is 0.0733. The van der Waals surface area contributed by atoms with Crippen molar-refractivity contribution < 1.29 is 28.5 Å². The zero-order valence-corrected chi connectivity index (χ0v) is 19.7. The number of esters is 1. The third-order valence-corrected chi connectivity index (χ3v) is 5.96. The summed E-state index contributed by atoms with van der Waals surface area (Å²) in [6.45, 7) is 1.78. The van der Waals surface area contributed by atoms with Gasteiger partial charge in [-0.3, -0.25) is 4.79 Å². The zero-order chi connectivity index (χ0) is 24.7. The van der Waals surface area contributed by atoms with E-state index in [0.29, 0.717) is 28.4 Å². The molecule has 0 radical (unpaired) electrons. The Morgan fingerprint density at radius 2 is 1.69 bits per heavy atom. The number of nitrogens with zero attached hydrogens (tertiary/aromatic N) is 1. The summed E-state index contributed by atoms with van der Waals surface area (Å²) in [5.41, 5.74) is 3.32. The molecule has 176 valence electrons. The lowest BCUT2D eigenvalue weighted by Crippen LogP contribution is -2.09. The topological polar surface area (TPSA) is 76.0 Å². The summed E-state index contributed by atoms with van der Waals surface area (Å²) in [7, 11) is 4.97. The highest BCUT2D eigenvalue weighted by molar-refractivity contribution is 6.16. The number of aryl methyl sites for hydroxylation is 2. The molecule has 0 saturated heterocycles. The fourth-order valence-corrected chi connectivity index (χ4v) is 4.26. The predicted octanol–water partition coefficient (Wildman–Crippen LogP) is 5.34. The number of hydrogen-bond donors (Lipinski definition) is 0. The van der Waals surface area contributed by atoms with Crippen LogP contribution < -0.4 is 18.9 Å². The molecule has 35 heavy (non-hydrogen) atoms. The second kappa shape index (κ2) is 8.68. The summed E-state index contributed by atoms with van der Waals surface area (Å²) in [5.74, 6) is 0.996. The molecule has 7 heteroatoms. The zero-order valence-electron chi connectivity index (χ0n) is 19.7. The number of Topliss-reactive ketones (excluding diaryl/α,β-unsaturated/α-hetero) is 1. The van der Waals surface area contributed by atoms with E-state index in [0.717, 1.165) is 16.5 Å². The molecular weight excluding hydrogens is 446 g/mol. The smallest absolute Gasteiger partial charge is 0.343 e. The summed E-state index contributed by atoms with van der Waals surface area (Å²) in [5, 5.41) is 1.02. The molecule has 0 aliphatic carbocycles. The maximum atomic E-state index is 13.1. The highest BCUT2D eigenvalue weighted by Gasteiger charge is 2.30. The minimum absolute atomic E-state index is 0.208. The molecule has 1 aromatic heterocycles. The van der Waals surface area contributed by atoms with Gasteiger partial charge in [0, 0.05) is 41.8 Å². The van der Waals surface area contributed by atoms with Crippen LogP contribution in [0, 0.1) is 6.92 Å². The first-order valence-electron chi connectivity index (χ1n) is 11.0. The number of ketones is 1. The Hall–Kier alpha value is -4.52. The average molecular weight is 469 g/mol. The van der Waals surface area contributed by atoms with Crippen LogP contribution in [0.3, 0.4) is 0 Å². The largest absolute Gasteiger partial charge is 0.497 e. The van der Waals surface area contributed by atoms with Crippen molar-refractivity contribution in [3.63, 3.8) is 0 Å². The number of rotatable bonds is 5. The van der Waals surface area contributed by atoms with Crippen LogP contribution in [0.15, 0.2) is 66.6 Å². The number of ether oxygens (including phenoxy) is 4. The van der Waals surface area contributed by atoms with Gasteiger partial charge < -0.3 is 23.5 Å². The molecule has 7 nitrogen and oxygen atoms in total. The summed E-state index contributed by atoms with van der Waals surface area (Å²) < 4.78 is 24.0. The van der Waals surface area contributed by atoms with E-state index in [1.165, 1.54) is 14.2 Å². The van der Waals surface area contributed by atoms with Gasteiger partial charge in [-0.1, -0.05) is 18.2 Å². The maximum Gasteiger partial charge on any atom is 0.343 e. The second-order valence-electron chi connectivity index (χ2n) is 8.26. The molecule has 0 N–H and O–H groups in total. The van der Waals surface area contributed by atoms with Gasteiger partial charge in [-0.2, -0.15) is 0 Å². The predicted molar refractivity (Wildman–Crippen MR) is 132 cm³/mol. The number of methoxy groups -OCH3 is 2. The van der Waals surface area contributed by atoms with E-state index in [1.54, 1.807) is 43.3 Å². The number of para-hydroxylation sites is 1. The van der Waals surface area contributed by atoms with E-state index < -0.39 is 5.97 Å². The van der Waals surface area contributed by atoms with Crippen LogP contribution in [0.1, 0.15) is 31.8 Å². The molecule has 0 saturated carbocycles. The maximum absolute atomic E-state index is 13.1. The van der Waals surface area contributed by atoms with Gasteiger partial charge in [0.2, 0.25) is 5.78 Å². The van der Waals surface area contributed by atoms with Crippen molar-refractivity contribution in [3.8, 4) is 23.0 Å². The molecule has 0 fully saturated rings. The Bertz CT molecular complexity index is 1510. The fraction of sp³-hybridized carbons (Fsp3) is 0.143. The van der Waals surface area contributed by atoms with Crippen molar-refractivity contribution in [2.24, 2.45) is 7.05 Å². The highest BCUT2D eigenvalue weighted by Crippen LogP contribution is 2.38. The van der Waals surface area contributed by atoms with Crippen LogP contribution in [0.25, 0.3) is 17.0 Å². The van der Waals surface area contributed by atoms with E-state index in [9.17, 15) is 9.59 Å².